The predicted molar refractivity (Wildman–Crippen MR) is 114 cm³/mol. The van der Waals surface area contributed by atoms with Crippen LogP contribution < -0.4 is 10.6 Å². The molecule has 3 aromatic rings. The SMILES string of the molecule is CCNC(=NCCC(O)c1ccccc1)NCCn1c(C)nc2ccccc21. The molecule has 148 valence electrons. The fourth-order valence-corrected chi connectivity index (χ4v) is 3.25. The lowest BCUT2D eigenvalue weighted by Gasteiger charge is -2.14. The molecule has 1 atom stereocenters. The van der Waals surface area contributed by atoms with Crippen LogP contribution in [0.2, 0.25) is 0 Å². The standard InChI is InChI=1S/C22H29N5O/c1-3-23-22(24-14-13-21(28)18-9-5-4-6-10-18)25-15-16-27-17(2)26-19-11-7-8-12-20(19)27/h4-12,21,28H,3,13-16H2,1-2H3,(H2,23,24,25). The van der Waals surface area contributed by atoms with Crippen LogP contribution in [0.1, 0.15) is 30.8 Å². The van der Waals surface area contributed by atoms with Crippen LogP contribution in [0.25, 0.3) is 11.0 Å². The first kappa shape index (κ1) is 19.9. The topological polar surface area (TPSA) is 74.5 Å². The first-order valence-electron chi connectivity index (χ1n) is 9.86. The molecular formula is C22H29N5O. The average Bonchev–Trinajstić information content (AvgIpc) is 3.04. The van der Waals surface area contributed by atoms with Gasteiger partial charge in [-0.2, -0.15) is 0 Å². The Morgan fingerprint density at radius 1 is 1.11 bits per heavy atom. The number of guanidine groups is 1. The molecule has 1 unspecified atom stereocenters. The van der Waals surface area contributed by atoms with Crippen molar-refractivity contribution >= 4 is 17.0 Å². The summed E-state index contributed by atoms with van der Waals surface area (Å²) in [6.07, 6.45) is 0.0964. The zero-order valence-corrected chi connectivity index (χ0v) is 16.6. The number of benzene rings is 2. The van der Waals surface area contributed by atoms with Gasteiger partial charge in [0.05, 0.1) is 17.1 Å². The molecular weight excluding hydrogens is 350 g/mol. The minimum atomic E-state index is -0.493. The Morgan fingerprint density at radius 2 is 1.86 bits per heavy atom. The second-order valence-electron chi connectivity index (χ2n) is 6.70. The number of aliphatic hydroxyl groups excluding tert-OH is 1. The molecule has 0 fully saturated rings. The van der Waals surface area contributed by atoms with Crippen molar-refractivity contribution in [2.45, 2.75) is 32.9 Å². The van der Waals surface area contributed by atoms with Gasteiger partial charge in [-0.3, -0.25) is 4.99 Å². The monoisotopic (exact) mass is 379 g/mol. The van der Waals surface area contributed by atoms with Gasteiger partial charge in [-0.05, 0) is 38.0 Å². The normalized spacial score (nSPS) is 12.9. The molecule has 1 aromatic heterocycles. The number of nitrogens with one attached hydrogen (secondary N) is 2. The quantitative estimate of drug-likeness (QED) is 0.415. The van der Waals surface area contributed by atoms with Crippen molar-refractivity contribution in [2.75, 3.05) is 19.6 Å². The highest BCUT2D eigenvalue weighted by molar-refractivity contribution is 5.79. The lowest BCUT2D eigenvalue weighted by atomic mass is 10.1. The molecule has 0 saturated carbocycles. The molecule has 0 bridgehead atoms. The van der Waals surface area contributed by atoms with Crippen molar-refractivity contribution in [3.8, 4) is 0 Å². The van der Waals surface area contributed by atoms with Crippen LogP contribution in [-0.4, -0.2) is 40.3 Å². The lowest BCUT2D eigenvalue weighted by molar-refractivity contribution is 0.170. The molecule has 6 heteroatoms. The van der Waals surface area contributed by atoms with Crippen molar-refractivity contribution in [2.24, 2.45) is 4.99 Å². The summed E-state index contributed by atoms with van der Waals surface area (Å²) in [5.74, 6) is 1.78. The number of hydrogen-bond donors (Lipinski definition) is 3. The average molecular weight is 380 g/mol. The van der Waals surface area contributed by atoms with E-state index in [1.165, 1.54) is 0 Å². The summed E-state index contributed by atoms with van der Waals surface area (Å²) in [4.78, 5) is 9.20. The fraction of sp³-hybridized carbons (Fsp3) is 0.364. The minimum absolute atomic E-state index is 0.493. The molecule has 1 heterocycles. The van der Waals surface area contributed by atoms with Gasteiger partial charge in [-0.1, -0.05) is 42.5 Å². The number of imidazole rings is 1. The Labute approximate surface area is 166 Å². The number of aliphatic hydroxyl groups is 1. The summed E-state index contributed by atoms with van der Waals surface area (Å²) in [6, 6.07) is 17.9. The number of aliphatic imine (C=N–C) groups is 1. The van der Waals surface area contributed by atoms with Crippen molar-refractivity contribution in [3.63, 3.8) is 0 Å². The van der Waals surface area contributed by atoms with E-state index in [1.54, 1.807) is 0 Å². The molecule has 6 nitrogen and oxygen atoms in total. The van der Waals surface area contributed by atoms with E-state index in [1.807, 2.05) is 62.4 Å². The summed E-state index contributed by atoms with van der Waals surface area (Å²) in [7, 11) is 0. The van der Waals surface area contributed by atoms with E-state index in [4.69, 9.17) is 0 Å². The molecule has 3 N–H and O–H groups in total. The maximum Gasteiger partial charge on any atom is 0.191 e. The summed E-state index contributed by atoms with van der Waals surface area (Å²) in [6.45, 7) is 6.98. The number of nitrogens with zero attached hydrogens (tertiary/aromatic N) is 3. The summed E-state index contributed by atoms with van der Waals surface area (Å²) < 4.78 is 2.21. The molecule has 28 heavy (non-hydrogen) atoms. The van der Waals surface area contributed by atoms with E-state index < -0.39 is 6.10 Å². The zero-order chi connectivity index (χ0) is 19.8. The third-order valence-electron chi connectivity index (χ3n) is 4.67. The van der Waals surface area contributed by atoms with Crippen LogP contribution in [0, 0.1) is 6.92 Å². The predicted octanol–water partition coefficient (Wildman–Crippen LogP) is 3.02. The maximum atomic E-state index is 10.3. The van der Waals surface area contributed by atoms with Crippen molar-refractivity contribution in [1.82, 2.24) is 20.2 Å². The molecule has 0 spiro atoms. The maximum absolute atomic E-state index is 10.3. The highest BCUT2D eigenvalue weighted by Crippen LogP contribution is 2.16. The molecule has 3 rings (SSSR count). The van der Waals surface area contributed by atoms with E-state index >= 15 is 0 Å². The van der Waals surface area contributed by atoms with Gasteiger partial charge in [0.1, 0.15) is 5.82 Å². The van der Waals surface area contributed by atoms with Crippen molar-refractivity contribution < 1.29 is 5.11 Å². The minimum Gasteiger partial charge on any atom is -0.388 e. The lowest BCUT2D eigenvalue weighted by Crippen LogP contribution is -2.39. The second-order valence-corrected chi connectivity index (χ2v) is 6.70. The van der Waals surface area contributed by atoms with Crippen LogP contribution in [0.5, 0.6) is 0 Å². The van der Waals surface area contributed by atoms with Gasteiger partial charge < -0.3 is 20.3 Å². The summed E-state index contributed by atoms with van der Waals surface area (Å²) >= 11 is 0. The van der Waals surface area contributed by atoms with E-state index in [9.17, 15) is 5.11 Å². The van der Waals surface area contributed by atoms with Gasteiger partial charge in [0.25, 0.3) is 0 Å². The number of para-hydroxylation sites is 2. The van der Waals surface area contributed by atoms with Crippen LogP contribution in [0.3, 0.4) is 0 Å². The molecule has 2 aromatic carbocycles. The summed E-state index contributed by atoms with van der Waals surface area (Å²) in [5.41, 5.74) is 3.10. The van der Waals surface area contributed by atoms with Crippen LogP contribution in [0.15, 0.2) is 59.6 Å². The fourth-order valence-electron chi connectivity index (χ4n) is 3.25. The molecule has 0 saturated heterocycles. The van der Waals surface area contributed by atoms with Crippen LogP contribution >= 0.6 is 0 Å². The van der Waals surface area contributed by atoms with Crippen molar-refractivity contribution in [1.29, 1.82) is 0 Å². The number of rotatable bonds is 8. The first-order chi connectivity index (χ1) is 13.7. The van der Waals surface area contributed by atoms with Gasteiger partial charge >= 0.3 is 0 Å². The summed E-state index contributed by atoms with van der Waals surface area (Å²) in [5, 5.41) is 16.9. The van der Waals surface area contributed by atoms with Crippen LogP contribution in [-0.2, 0) is 6.54 Å². The molecule has 0 amide bonds. The Bertz CT molecular complexity index is 904. The highest BCUT2D eigenvalue weighted by Gasteiger charge is 2.08. The van der Waals surface area contributed by atoms with Gasteiger partial charge in [0.2, 0.25) is 0 Å². The third kappa shape index (κ3) is 5.10. The van der Waals surface area contributed by atoms with Crippen molar-refractivity contribution in [3.05, 3.63) is 66.0 Å². The largest absolute Gasteiger partial charge is 0.388 e. The van der Waals surface area contributed by atoms with Gasteiger partial charge in [-0.25, -0.2) is 4.98 Å². The third-order valence-corrected chi connectivity index (χ3v) is 4.67. The smallest absolute Gasteiger partial charge is 0.191 e. The molecule has 0 aliphatic carbocycles. The molecule has 0 radical (unpaired) electrons. The second kappa shape index (κ2) is 9.90. The number of aryl methyl sites for hydroxylation is 1. The first-order valence-corrected chi connectivity index (χ1v) is 9.86. The van der Waals surface area contributed by atoms with E-state index in [2.05, 4.69) is 31.2 Å². The Hall–Kier alpha value is -2.86. The Kier molecular flexibility index (Phi) is 7.03. The Balaban J connectivity index is 1.54. The number of fused-ring (bicyclic) bond motifs is 1. The number of aromatic nitrogens is 2. The van der Waals surface area contributed by atoms with E-state index in [0.717, 1.165) is 48.0 Å². The Morgan fingerprint density at radius 3 is 2.64 bits per heavy atom. The number of hydrogen-bond acceptors (Lipinski definition) is 3. The van der Waals surface area contributed by atoms with Gasteiger partial charge in [0, 0.05) is 26.2 Å². The zero-order valence-electron chi connectivity index (χ0n) is 16.6. The van der Waals surface area contributed by atoms with Gasteiger partial charge in [0.15, 0.2) is 5.96 Å². The molecule has 0 aliphatic heterocycles. The van der Waals surface area contributed by atoms with Crippen LogP contribution in [0.4, 0.5) is 0 Å². The van der Waals surface area contributed by atoms with E-state index in [0.29, 0.717) is 13.0 Å². The van der Waals surface area contributed by atoms with Gasteiger partial charge in [-0.15, -0.1) is 0 Å². The van der Waals surface area contributed by atoms with E-state index in [-0.39, 0.29) is 0 Å². The molecule has 0 aliphatic rings. The highest BCUT2D eigenvalue weighted by atomic mass is 16.3.